The Bertz CT molecular complexity index is 613. The number of para-hydroxylation sites is 1. The summed E-state index contributed by atoms with van der Waals surface area (Å²) in [5.41, 5.74) is 8.18. The Morgan fingerprint density at radius 3 is 2.89 bits per heavy atom. The zero-order chi connectivity index (χ0) is 13.8. The first-order chi connectivity index (χ1) is 9.09. The first-order valence-corrected chi connectivity index (χ1v) is 5.76. The van der Waals surface area contributed by atoms with E-state index in [2.05, 4.69) is 10.3 Å². The highest BCUT2D eigenvalue weighted by atomic mass is 16.6. The van der Waals surface area contributed by atoms with E-state index in [1.54, 1.807) is 24.5 Å². The van der Waals surface area contributed by atoms with Gasteiger partial charge in [-0.2, -0.15) is 0 Å². The first-order valence-electron chi connectivity index (χ1n) is 5.76. The molecule has 0 aliphatic heterocycles. The van der Waals surface area contributed by atoms with Crippen molar-refractivity contribution < 1.29 is 4.92 Å². The number of benzene rings is 1. The number of nitro benzene ring substituents is 1. The summed E-state index contributed by atoms with van der Waals surface area (Å²) in [5, 5.41) is 14.0. The Balaban J connectivity index is 2.23. The van der Waals surface area contributed by atoms with Crippen molar-refractivity contribution in [3.05, 3.63) is 57.9 Å². The molecule has 1 aromatic carbocycles. The smallest absolute Gasteiger partial charge is 0.314 e. The Kier molecular flexibility index (Phi) is 3.61. The maximum Gasteiger partial charge on any atom is 0.314 e. The van der Waals surface area contributed by atoms with Crippen molar-refractivity contribution in [3.63, 3.8) is 0 Å². The first kappa shape index (κ1) is 12.8. The summed E-state index contributed by atoms with van der Waals surface area (Å²) in [6.07, 6.45) is 3.45. The number of aryl methyl sites for hydroxylation is 1. The summed E-state index contributed by atoms with van der Waals surface area (Å²) in [5.74, 6) is 0. The van der Waals surface area contributed by atoms with Gasteiger partial charge in [-0.05, 0) is 36.2 Å². The Morgan fingerprint density at radius 2 is 2.21 bits per heavy atom. The Hall–Kier alpha value is -2.63. The number of nitrogens with one attached hydrogen (secondary N) is 1. The molecule has 0 atom stereocenters. The van der Waals surface area contributed by atoms with Gasteiger partial charge >= 0.3 is 5.69 Å². The van der Waals surface area contributed by atoms with E-state index in [4.69, 9.17) is 5.73 Å². The molecule has 6 heteroatoms. The minimum Gasteiger partial charge on any atom is -0.393 e. The van der Waals surface area contributed by atoms with Crippen molar-refractivity contribution in [1.29, 1.82) is 0 Å². The zero-order valence-electron chi connectivity index (χ0n) is 10.5. The normalized spacial score (nSPS) is 10.2. The van der Waals surface area contributed by atoms with Gasteiger partial charge in [0.25, 0.3) is 0 Å². The Labute approximate surface area is 110 Å². The molecule has 0 saturated heterocycles. The largest absolute Gasteiger partial charge is 0.393 e. The molecule has 1 heterocycles. The molecule has 98 valence electrons. The molecule has 0 spiro atoms. The molecular formula is C13H14N4O2. The van der Waals surface area contributed by atoms with E-state index >= 15 is 0 Å². The fourth-order valence-electron chi connectivity index (χ4n) is 1.80. The number of hydrogen-bond acceptors (Lipinski definition) is 5. The fraction of sp³-hybridized carbons (Fsp3) is 0.154. The molecule has 2 aromatic rings. The third-order valence-corrected chi connectivity index (χ3v) is 2.86. The van der Waals surface area contributed by atoms with Gasteiger partial charge in [-0.3, -0.25) is 15.1 Å². The lowest BCUT2D eigenvalue weighted by molar-refractivity contribution is -0.383. The quantitative estimate of drug-likeness (QED) is 0.499. The lowest BCUT2D eigenvalue weighted by atomic mass is 10.1. The molecular weight excluding hydrogens is 244 g/mol. The number of pyridine rings is 1. The fourth-order valence-corrected chi connectivity index (χ4v) is 1.80. The lowest BCUT2D eigenvalue weighted by Crippen LogP contribution is -2.05. The van der Waals surface area contributed by atoms with Gasteiger partial charge in [-0.15, -0.1) is 0 Å². The van der Waals surface area contributed by atoms with Crippen LogP contribution in [0.15, 0.2) is 36.7 Å². The molecule has 19 heavy (non-hydrogen) atoms. The Morgan fingerprint density at radius 1 is 1.42 bits per heavy atom. The molecule has 6 nitrogen and oxygen atoms in total. The average molecular weight is 258 g/mol. The van der Waals surface area contributed by atoms with E-state index in [1.807, 2.05) is 13.0 Å². The van der Waals surface area contributed by atoms with Gasteiger partial charge in [0.1, 0.15) is 11.4 Å². The molecule has 0 aliphatic rings. The van der Waals surface area contributed by atoms with Gasteiger partial charge in [0.05, 0.1) is 4.92 Å². The molecule has 3 N–H and O–H groups in total. The number of rotatable bonds is 4. The number of aromatic nitrogens is 1. The summed E-state index contributed by atoms with van der Waals surface area (Å²) >= 11 is 0. The number of nitrogen functional groups attached to an aromatic ring is 1. The van der Waals surface area contributed by atoms with Gasteiger partial charge in [0, 0.05) is 18.9 Å². The highest BCUT2D eigenvalue weighted by Crippen LogP contribution is 2.30. The minimum atomic E-state index is -0.475. The maximum absolute atomic E-state index is 11.0. The van der Waals surface area contributed by atoms with Crippen LogP contribution in [-0.4, -0.2) is 9.91 Å². The molecule has 0 radical (unpaired) electrons. The number of nitrogens with two attached hydrogens (primary N) is 1. The number of anilines is 2. The summed E-state index contributed by atoms with van der Waals surface area (Å²) in [4.78, 5) is 14.5. The van der Waals surface area contributed by atoms with Crippen molar-refractivity contribution >= 4 is 17.1 Å². The van der Waals surface area contributed by atoms with Gasteiger partial charge in [-0.1, -0.05) is 6.07 Å². The van der Waals surface area contributed by atoms with Gasteiger partial charge < -0.3 is 11.1 Å². The molecule has 0 fully saturated rings. The van der Waals surface area contributed by atoms with E-state index < -0.39 is 4.92 Å². The molecule has 0 unspecified atom stereocenters. The second kappa shape index (κ2) is 5.34. The second-order valence-corrected chi connectivity index (χ2v) is 4.16. The maximum atomic E-state index is 11.0. The van der Waals surface area contributed by atoms with Crippen LogP contribution in [0.2, 0.25) is 0 Å². The highest BCUT2D eigenvalue weighted by Gasteiger charge is 2.17. The van der Waals surface area contributed by atoms with Crippen molar-refractivity contribution in [2.45, 2.75) is 13.5 Å². The van der Waals surface area contributed by atoms with Crippen molar-refractivity contribution in [2.75, 3.05) is 11.1 Å². The van der Waals surface area contributed by atoms with Gasteiger partial charge in [0.15, 0.2) is 0 Å². The summed E-state index contributed by atoms with van der Waals surface area (Å²) < 4.78 is 0. The molecule has 0 amide bonds. The number of hydrogen-bond donors (Lipinski definition) is 2. The topological polar surface area (TPSA) is 94.1 Å². The summed E-state index contributed by atoms with van der Waals surface area (Å²) in [6.45, 7) is 2.43. The van der Waals surface area contributed by atoms with Crippen LogP contribution in [0.4, 0.5) is 17.1 Å². The van der Waals surface area contributed by atoms with Crippen LogP contribution in [0, 0.1) is 17.0 Å². The molecule has 0 aliphatic carbocycles. The minimum absolute atomic E-state index is 0.0887. The SMILES string of the molecule is Cc1cnccc1CNc1cccc(N)c1[N+](=O)[O-]. The van der Waals surface area contributed by atoms with Crippen LogP contribution in [0.5, 0.6) is 0 Å². The van der Waals surface area contributed by atoms with Crippen molar-refractivity contribution in [2.24, 2.45) is 0 Å². The number of nitro groups is 1. The van der Waals surface area contributed by atoms with Gasteiger partial charge in [0.2, 0.25) is 0 Å². The van der Waals surface area contributed by atoms with Crippen LogP contribution in [0.3, 0.4) is 0 Å². The standard InChI is InChI=1S/C13H14N4O2/c1-9-7-15-6-5-10(9)8-16-12-4-2-3-11(14)13(12)17(18)19/h2-7,16H,8,14H2,1H3. The van der Waals surface area contributed by atoms with E-state index in [9.17, 15) is 10.1 Å². The highest BCUT2D eigenvalue weighted by molar-refractivity contribution is 5.74. The van der Waals surface area contributed by atoms with E-state index in [-0.39, 0.29) is 11.4 Å². The summed E-state index contributed by atoms with van der Waals surface area (Å²) in [6, 6.07) is 6.72. The van der Waals surface area contributed by atoms with Crippen LogP contribution in [0.1, 0.15) is 11.1 Å². The van der Waals surface area contributed by atoms with Gasteiger partial charge in [-0.25, -0.2) is 0 Å². The lowest BCUT2D eigenvalue weighted by Gasteiger charge is -2.09. The van der Waals surface area contributed by atoms with Crippen LogP contribution in [0.25, 0.3) is 0 Å². The zero-order valence-corrected chi connectivity index (χ0v) is 10.5. The van der Waals surface area contributed by atoms with E-state index in [0.717, 1.165) is 11.1 Å². The molecule has 2 rings (SSSR count). The average Bonchev–Trinajstić information content (AvgIpc) is 2.37. The number of nitrogens with zero attached hydrogens (tertiary/aromatic N) is 2. The van der Waals surface area contributed by atoms with Crippen LogP contribution < -0.4 is 11.1 Å². The third kappa shape index (κ3) is 2.79. The van der Waals surface area contributed by atoms with Crippen molar-refractivity contribution in [1.82, 2.24) is 4.98 Å². The third-order valence-electron chi connectivity index (χ3n) is 2.86. The predicted octanol–water partition coefficient (Wildman–Crippen LogP) is 2.49. The van der Waals surface area contributed by atoms with Crippen LogP contribution in [-0.2, 0) is 6.54 Å². The van der Waals surface area contributed by atoms with E-state index in [0.29, 0.717) is 12.2 Å². The predicted molar refractivity (Wildman–Crippen MR) is 73.8 cm³/mol. The monoisotopic (exact) mass is 258 g/mol. The summed E-state index contributed by atoms with van der Waals surface area (Å²) in [7, 11) is 0. The molecule has 1 aromatic heterocycles. The molecule has 0 bridgehead atoms. The van der Waals surface area contributed by atoms with E-state index in [1.165, 1.54) is 6.07 Å². The van der Waals surface area contributed by atoms with Crippen molar-refractivity contribution in [3.8, 4) is 0 Å². The second-order valence-electron chi connectivity index (χ2n) is 4.16. The van der Waals surface area contributed by atoms with Crippen LogP contribution >= 0.6 is 0 Å². The molecule has 0 saturated carbocycles.